The average Bonchev–Trinajstić information content (AvgIpc) is 2.84. The van der Waals surface area contributed by atoms with E-state index in [1.165, 1.54) is 0 Å². The molecule has 0 aliphatic rings. The molecule has 0 aromatic carbocycles. The second-order valence-corrected chi connectivity index (χ2v) is 4.56. The Kier molecular flexibility index (Phi) is 7.58. The Labute approximate surface area is 106 Å². The molecular formula is C12H19NO3S. The van der Waals surface area contributed by atoms with Crippen LogP contribution in [0.1, 0.15) is 18.6 Å². The number of furan rings is 1. The summed E-state index contributed by atoms with van der Waals surface area (Å²) < 4.78 is 10.5. The lowest BCUT2D eigenvalue weighted by atomic mass is 10.4. The number of ether oxygens (including phenoxy) is 1. The molecule has 4 nitrogen and oxygen atoms in total. The highest BCUT2D eigenvalue weighted by atomic mass is 32.2. The van der Waals surface area contributed by atoms with Gasteiger partial charge in [0.2, 0.25) is 5.91 Å². The molecule has 0 saturated carbocycles. The molecule has 0 radical (unpaired) electrons. The Morgan fingerprint density at radius 3 is 3.18 bits per heavy atom. The van der Waals surface area contributed by atoms with Crippen LogP contribution in [0, 0.1) is 0 Å². The molecule has 1 heterocycles. The number of nitrogens with one attached hydrogen (secondary N) is 1. The van der Waals surface area contributed by atoms with Gasteiger partial charge in [-0.05, 0) is 24.8 Å². The maximum Gasteiger partial charge on any atom is 0.220 e. The molecular weight excluding hydrogens is 238 g/mol. The topological polar surface area (TPSA) is 51.5 Å². The summed E-state index contributed by atoms with van der Waals surface area (Å²) >= 11 is 1.68. The lowest BCUT2D eigenvalue weighted by molar-refractivity contribution is -0.120. The number of thioether (sulfide) groups is 1. The Balaban J connectivity index is 1.89. The zero-order chi connectivity index (χ0) is 12.3. The first-order chi connectivity index (χ1) is 8.33. The van der Waals surface area contributed by atoms with Gasteiger partial charge in [-0.1, -0.05) is 0 Å². The summed E-state index contributed by atoms with van der Waals surface area (Å²) in [6.45, 7) is 1.79. The molecule has 1 aromatic heterocycles. The van der Waals surface area contributed by atoms with E-state index in [1.54, 1.807) is 18.0 Å². The van der Waals surface area contributed by atoms with Gasteiger partial charge in [-0.15, -0.1) is 0 Å². The Morgan fingerprint density at radius 1 is 1.59 bits per heavy atom. The van der Waals surface area contributed by atoms with Gasteiger partial charge in [0.25, 0.3) is 0 Å². The minimum absolute atomic E-state index is 0.116. The molecule has 1 aromatic rings. The Bertz CT molecular complexity index is 301. The summed E-state index contributed by atoms with van der Waals surface area (Å²) in [7, 11) is 0. The van der Waals surface area contributed by atoms with Crippen LogP contribution < -0.4 is 5.32 Å². The van der Waals surface area contributed by atoms with Crippen molar-refractivity contribution < 1.29 is 13.9 Å². The predicted molar refractivity (Wildman–Crippen MR) is 69.0 cm³/mol. The van der Waals surface area contributed by atoms with Gasteiger partial charge >= 0.3 is 0 Å². The molecule has 0 bridgehead atoms. The van der Waals surface area contributed by atoms with Crippen molar-refractivity contribution in [2.45, 2.75) is 19.4 Å². The molecule has 17 heavy (non-hydrogen) atoms. The number of rotatable bonds is 9. The van der Waals surface area contributed by atoms with E-state index in [1.807, 2.05) is 18.4 Å². The molecule has 1 N–H and O–H groups in total. The Morgan fingerprint density at radius 2 is 2.47 bits per heavy atom. The summed E-state index contributed by atoms with van der Waals surface area (Å²) in [4.78, 5) is 11.2. The SMILES string of the molecule is CSCCC(=O)NCCCOCc1ccco1. The largest absolute Gasteiger partial charge is 0.467 e. The van der Waals surface area contributed by atoms with Crippen molar-refractivity contribution in [2.75, 3.05) is 25.2 Å². The van der Waals surface area contributed by atoms with Crippen molar-refractivity contribution in [1.82, 2.24) is 5.32 Å². The first kappa shape index (κ1) is 14.1. The van der Waals surface area contributed by atoms with E-state index in [0.717, 1.165) is 17.9 Å². The highest BCUT2D eigenvalue weighted by Crippen LogP contribution is 2.01. The van der Waals surface area contributed by atoms with Gasteiger partial charge in [0.05, 0.1) is 6.26 Å². The van der Waals surface area contributed by atoms with E-state index >= 15 is 0 Å². The van der Waals surface area contributed by atoms with E-state index in [4.69, 9.17) is 9.15 Å². The predicted octanol–water partition coefficient (Wildman–Crippen LogP) is 2.06. The molecule has 5 heteroatoms. The second-order valence-electron chi connectivity index (χ2n) is 3.58. The van der Waals surface area contributed by atoms with Gasteiger partial charge in [-0.3, -0.25) is 4.79 Å². The second kappa shape index (κ2) is 9.13. The van der Waals surface area contributed by atoms with Crippen molar-refractivity contribution in [1.29, 1.82) is 0 Å². The maximum absolute atomic E-state index is 11.2. The molecule has 0 fully saturated rings. The monoisotopic (exact) mass is 257 g/mol. The first-order valence-electron chi connectivity index (χ1n) is 5.68. The number of carbonyl (C=O) groups excluding carboxylic acids is 1. The van der Waals surface area contributed by atoms with Crippen LogP contribution >= 0.6 is 11.8 Å². The fraction of sp³-hybridized carbons (Fsp3) is 0.583. The maximum atomic E-state index is 11.2. The number of carbonyl (C=O) groups is 1. The summed E-state index contributed by atoms with van der Waals surface area (Å²) in [5.74, 6) is 1.82. The van der Waals surface area contributed by atoms with Gasteiger partial charge in [0.15, 0.2) is 0 Å². The summed E-state index contributed by atoms with van der Waals surface area (Å²) in [6, 6.07) is 3.72. The van der Waals surface area contributed by atoms with Crippen LogP contribution in [0.15, 0.2) is 22.8 Å². The van der Waals surface area contributed by atoms with Crippen LogP contribution in [0.5, 0.6) is 0 Å². The molecule has 0 atom stereocenters. The minimum Gasteiger partial charge on any atom is -0.467 e. The third-order valence-corrected chi connectivity index (χ3v) is 2.76. The Hall–Kier alpha value is -0.940. The summed E-state index contributed by atoms with van der Waals surface area (Å²) in [5.41, 5.74) is 0. The van der Waals surface area contributed by atoms with E-state index < -0.39 is 0 Å². The van der Waals surface area contributed by atoms with Crippen LogP contribution in [0.4, 0.5) is 0 Å². The van der Waals surface area contributed by atoms with Gasteiger partial charge < -0.3 is 14.5 Å². The molecule has 0 aliphatic heterocycles. The quantitative estimate of drug-likeness (QED) is 0.688. The lowest BCUT2D eigenvalue weighted by Gasteiger charge is -2.05. The zero-order valence-electron chi connectivity index (χ0n) is 10.1. The highest BCUT2D eigenvalue weighted by Gasteiger charge is 1.99. The van der Waals surface area contributed by atoms with E-state index in [2.05, 4.69) is 5.32 Å². The van der Waals surface area contributed by atoms with Gasteiger partial charge in [0, 0.05) is 25.3 Å². The van der Waals surface area contributed by atoms with E-state index in [-0.39, 0.29) is 5.91 Å². The van der Waals surface area contributed by atoms with Crippen molar-refractivity contribution in [3.63, 3.8) is 0 Å². The van der Waals surface area contributed by atoms with Crippen molar-refractivity contribution >= 4 is 17.7 Å². The standard InChI is InChI=1S/C12H19NO3S/c1-17-9-5-12(14)13-6-3-7-15-10-11-4-2-8-16-11/h2,4,8H,3,5-7,9-10H2,1H3,(H,13,14). The summed E-state index contributed by atoms with van der Waals surface area (Å²) in [5, 5.41) is 2.86. The molecule has 0 spiro atoms. The van der Waals surface area contributed by atoms with Crippen molar-refractivity contribution in [3.8, 4) is 0 Å². The number of hydrogen-bond acceptors (Lipinski definition) is 4. The third kappa shape index (κ3) is 7.07. The normalized spacial score (nSPS) is 10.4. The molecule has 0 unspecified atom stereocenters. The smallest absolute Gasteiger partial charge is 0.220 e. The van der Waals surface area contributed by atoms with Crippen LogP contribution in [0.3, 0.4) is 0 Å². The van der Waals surface area contributed by atoms with E-state index in [9.17, 15) is 4.79 Å². The third-order valence-electron chi connectivity index (χ3n) is 2.15. The average molecular weight is 257 g/mol. The molecule has 1 rings (SSSR count). The zero-order valence-corrected chi connectivity index (χ0v) is 10.9. The highest BCUT2D eigenvalue weighted by molar-refractivity contribution is 7.98. The van der Waals surface area contributed by atoms with Crippen molar-refractivity contribution in [2.24, 2.45) is 0 Å². The molecule has 96 valence electrons. The summed E-state index contributed by atoms with van der Waals surface area (Å²) in [6.07, 6.45) is 5.04. The first-order valence-corrected chi connectivity index (χ1v) is 7.08. The fourth-order valence-electron chi connectivity index (χ4n) is 1.25. The minimum atomic E-state index is 0.116. The lowest BCUT2D eigenvalue weighted by Crippen LogP contribution is -2.25. The van der Waals surface area contributed by atoms with Crippen LogP contribution in [0.2, 0.25) is 0 Å². The van der Waals surface area contributed by atoms with E-state index in [0.29, 0.717) is 26.2 Å². The van der Waals surface area contributed by atoms with Gasteiger partial charge in [0.1, 0.15) is 12.4 Å². The van der Waals surface area contributed by atoms with Crippen LogP contribution in [-0.4, -0.2) is 31.1 Å². The van der Waals surface area contributed by atoms with Crippen molar-refractivity contribution in [3.05, 3.63) is 24.2 Å². The number of amides is 1. The number of hydrogen-bond donors (Lipinski definition) is 1. The fourth-order valence-corrected chi connectivity index (χ4v) is 1.64. The van der Waals surface area contributed by atoms with Crippen LogP contribution in [-0.2, 0) is 16.1 Å². The molecule has 1 amide bonds. The van der Waals surface area contributed by atoms with Gasteiger partial charge in [-0.25, -0.2) is 0 Å². The van der Waals surface area contributed by atoms with Crippen LogP contribution in [0.25, 0.3) is 0 Å². The molecule has 0 saturated heterocycles. The van der Waals surface area contributed by atoms with Gasteiger partial charge in [-0.2, -0.15) is 11.8 Å². The molecule has 0 aliphatic carbocycles.